The molecule has 6 heteroatoms. The minimum Gasteiger partial charge on any atom is -0.496 e. The molecular formula is C12H10F3NOS. The first-order valence-corrected chi connectivity index (χ1v) is 5.84. The predicted octanol–water partition coefficient (Wildman–Crippen LogP) is 4.02. The summed E-state index contributed by atoms with van der Waals surface area (Å²) >= 11 is 0.682. The van der Waals surface area contributed by atoms with Gasteiger partial charge in [0.05, 0.1) is 7.11 Å². The Morgan fingerprint density at radius 1 is 1.17 bits per heavy atom. The molecule has 2 N–H and O–H groups in total. The van der Waals surface area contributed by atoms with E-state index in [1.165, 1.54) is 13.2 Å². The van der Waals surface area contributed by atoms with E-state index in [0.717, 1.165) is 6.07 Å². The van der Waals surface area contributed by atoms with E-state index in [2.05, 4.69) is 0 Å². The number of thiophene rings is 1. The van der Waals surface area contributed by atoms with E-state index in [4.69, 9.17) is 10.5 Å². The summed E-state index contributed by atoms with van der Waals surface area (Å²) in [6.45, 7) is 0. The average molecular weight is 273 g/mol. The third-order valence-corrected chi connectivity index (χ3v) is 3.54. The minimum atomic E-state index is -4.32. The van der Waals surface area contributed by atoms with E-state index in [1.54, 1.807) is 18.2 Å². The Bertz CT molecular complexity index is 563. The lowest BCUT2D eigenvalue weighted by atomic mass is 10.1. The number of alkyl halides is 3. The summed E-state index contributed by atoms with van der Waals surface area (Å²) in [7, 11) is 1.45. The maximum Gasteiger partial charge on any atom is 0.425 e. The summed E-state index contributed by atoms with van der Waals surface area (Å²) in [5.74, 6) is 0.463. The molecule has 2 rings (SSSR count). The predicted molar refractivity (Wildman–Crippen MR) is 65.7 cm³/mol. The van der Waals surface area contributed by atoms with E-state index in [-0.39, 0.29) is 0 Å². The van der Waals surface area contributed by atoms with Gasteiger partial charge in [0, 0.05) is 22.2 Å². The van der Waals surface area contributed by atoms with Crippen LogP contribution >= 0.6 is 11.3 Å². The van der Waals surface area contributed by atoms with Crippen LogP contribution in [0.1, 0.15) is 4.88 Å². The second kappa shape index (κ2) is 4.53. The summed E-state index contributed by atoms with van der Waals surface area (Å²) in [6.07, 6.45) is -4.32. The molecule has 1 aromatic carbocycles. The molecule has 2 nitrogen and oxygen atoms in total. The highest BCUT2D eigenvalue weighted by Crippen LogP contribution is 2.41. The highest BCUT2D eigenvalue weighted by Gasteiger charge is 2.32. The lowest BCUT2D eigenvalue weighted by Gasteiger charge is -2.07. The number of nitrogens with two attached hydrogens (primary N) is 1. The monoisotopic (exact) mass is 273 g/mol. The van der Waals surface area contributed by atoms with Gasteiger partial charge in [0.1, 0.15) is 10.6 Å². The largest absolute Gasteiger partial charge is 0.496 e. The van der Waals surface area contributed by atoms with Crippen LogP contribution in [0.4, 0.5) is 18.9 Å². The van der Waals surface area contributed by atoms with E-state index < -0.39 is 11.1 Å². The van der Waals surface area contributed by atoms with E-state index in [9.17, 15) is 13.2 Å². The number of methoxy groups -OCH3 is 1. The number of hydrogen-bond acceptors (Lipinski definition) is 3. The molecule has 0 saturated heterocycles. The van der Waals surface area contributed by atoms with E-state index in [1.807, 2.05) is 0 Å². The maximum atomic E-state index is 12.5. The van der Waals surface area contributed by atoms with Crippen molar-refractivity contribution in [2.75, 3.05) is 12.8 Å². The van der Waals surface area contributed by atoms with Gasteiger partial charge in [0.15, 0.2) is 0 Å². The molecule has 1 heterocycles. The van der Waals surface area contributed by atoms with Crippen molar-refractivity contribution in [1.29, 1.82) is 0 Å². The van der Waals surface area contributed by atoms with Crippen molar-refractivity contribution >= 4 is 17.0 Å². The topological polar surface area (TPSA) is 35.2 Å². The van der Waals surface area contributed by atoms with Crippen molar-refractivity contribution in [3.05, 3.63) is 35.2 Å². The molecule has 0 atom stereocenters. The second-order valence-corrected chi connectivity index (χ2v) is 4.71. The molecule has 0 aliphatic carbocycles. The van der Waals surface area contributed by atoms with E-state index in [0.29, 0.717) is 33.2 Å². The number of nitrogen functional groups attached to an aromatic ring is 1. The maximum absolute atomic E-state index is 12.5. The van der Waals surface area contributed by atoms with Crippen molar-refractivity contribution in [1.82, 2.24) is 0 Å². The fourth-order valence-corrected chi connectivity index (χ4v) is 2.45. The number of rotatable bonds is 2. The van der Waals surface area contributed by atoms with Gasteiger partial charge in [0.25, 0.3) is 0 Å². The molecular weight excluding hydrogens is 263 g/mol. The molecule has 0 aliphatic rings. The van der Waals surface area contributed by atoms with Gasteiger partial charge in [0.2, 0.25) is 0 Å². The normalized spacial score (nSPS) is 11.6. The Hall–Kier alpha value is -1.69. The third-order valence-electron chi connectivity index (χ3n) is 2.38. The van der Waals surface area contributed by atoms with Crippen LogP contribution in [-0.4, -0.2) is 7.11 Å². The van der Waals surface area contributed by atoms with Crippen LogP contribution in [0.25, 0.3) is 10.4 Å². The van der Waals surface area contributed by atoms with Gasteiger partial charge in [-0.2, -0.15) is 13.2 Å². The van der Waals surface area contributed by atoms with Crippen molar-refractivity contribution in [2.45, 2.75) is 6.18 Å². The molecule has 96 valence electrons. The van der Waals surface area contributed by atoms with Crippen molar-refractivity contribution in [2.24, 2.45) is 0 Å². The van der Waals surface area contributed by atoms with Crippen LogP contribution in [0.5, 0.6) is 5.75 Å². The molecule has 18 heavy (non-hydrogen) atoms. The second-order valence-electron chi connectivity index (χ2n) is 3.62. The fourth-order valence-electron chi connectivity index (χ4n) is 1.55. The number of anilines is 1. The third kappa shape index (κ3) is 2.43. The standard InChI is InChI=1S/C12H10F3NOS/c1-17-9-6-7(16)2-3-8(9)10-4-5-11(18-10)12(13,14)15/h2-6H,16H2,1H3. The van der Waals surface area contributed by atoms with Crippen LogP contribution in [0.3, 0.4) is 0 Å². The summed E-state index contributed by atoms with van der Waals surface area (Å²) < 4.78 is 42.7. The molecule has 0 bridgehead atoms. The summed E-state index contributed by atoms with van der Waals surface area (Å²) in [4.78, 5) is -0.129. The molecule has 2 aromatic rings. The SMILES string of the molecule is COc1cc(N)ccc1-c1ccc(C(F)(F)F)s1. The highest BCUT2D eigenvalue weighted by atomic mass is 32.1. The number of halogens is 3. The number of benzene rings is 1. The Morgan fingerprint density at radius 3 is 2.44 bits per heavy atom. The molecule has 0 fully saturated rings. The first-order valence-electron chi connectivity index (χ1n) is 5.02. The first-order chi connectivity index (χ1) is 8.41. The number of hydrogen-bond donors (Lipinski definition) is 1. The molecule has 0 spiro atoms. The zero-order valence-corrected chi connectivity index (χ0v) is 10.2. The Morgan fingerprint density at radius 2 is 1.89 bits per heavy atom. The van der Waals surface area contributed by atoms with Gasteiger partial charge in [-0.25, -0.2) is 0 Å². The van der Waals surface area contributed by atoms with Crippen LogP contribution in [-0.2, 0) is 6.18 Å². The van der Waals surface area contributed by atoms with Crippen LogP contribution in [0, 0.1) is 0 Å². The summed E-state index contributed by atoms with van der Waals surface area (Å²) in [5.41, 5.74) is 6.71. The van der Waals surface area contributed by atoms with Gasteiger partial charge in [-0.1, -0.05) is 0 Å². The van der Waals surface area contributed by atoms with E-state index >= 15 is 0 Å². The smallest absolute Gasteiger partial charge is 0.425 e. The molecule has 0 aliphatic heterocycles. The van der Waals surface area contributed by atoms with Crippen LogP contribution in [0.2, 0.25) is 0 Å². The van der Waals surface area contributed by atoms with Crippen molar-refractivity contribution < 1.29 is 17.9 Å². The first kappa shape index (κ1) is 12.8. The van der Waals surface area contributed by atoms with Crippen LogP contribution < -0.4 is 10.5 Å². The lowest BCUT2D eigenvalue weighted by molar-refractivity contribution is -0.134. The summed E-state index contributed by atoms with van der Waals surface area (Å²) in [5, 5.41) is 0. The van der Waals surface area contributed by atoms with Crippen LogP contribution in [0.15, 0.2) is 30.3 Å². The van der Waals surface area contributed by atoms with Gasteiger partial charge in [-0.3, -0.25) is 0 Å². The minimum absolute atomic E-state index is 0.463. The highest BCUT2D eigenvalue weighted by molar-refractivity contribution is 7.15. The lowest BCUT2D eigenvalue weighted by Crippen LogP contribution is -2.00. The van der Waals surface area contributed by atoms with Crippen molar-refractivity contribution in [3.8, 4) is 16.2 Å². The molecule has 0 amide bonds. The Balaban J connectivity index is 2.46. The zero-order valence-electron chi connectivity index (χ0n) is 9.41. The average Bonchev–Trinajstić information content (AvgIpc) is 2.77. The Kier molecular flexibility index (Phi) is 3.21. The van der Waals surface area contributed by atoms with Crippen molar-refractivity contribution in [3.63, 3.8) is 0 Å². The quantitative estimate of drug-likeness (QED) is 0.839. The van der Waals surface area contributed by atoms with Gasteiger partial charge < -0.3 is 10.5 Å². The van der Waals surface area contributed by atoms with Gasteiger partial charge in [-0.15, -0.1) is 11.3 Å². The molecule has 1 aromatic heterocycles. The number of ether oxygens (including phenoxy) is 1. The van der Waals surface area contributed by atoms with Gasteiger partial charge >= 0.3 is 6.18 Å². The Labute approximate surface area is 106 Å². The summed E-state index contributed by atoms with van der Waals surface area (Å²) in [6, 6.07) is 7.37. The fraction of sp³-hybridized carbons (Fsp3) is 0.167. The molecule has 0 radical (unpaired) electrons. The molecule has 0 saturated carbocycles. The molecule has 0 unspecified atom stereocenters. The zero-order chi connectivity index (χ0) is 13.3. The van der Waals surface area contributed by atoms with Gasteiger partial charge in [-0.05, 0) is 24.3 Å².